The molecule has 8 heteroatoms. The van der Waals surface area contributed by atoms with Crippen molar-refractivity contribution in [3.63, 3.8) is 0 Å². The van der Waals surface area contributed by atoms with Crippen molar-refractivity contribution in [2.75, 3.05) is 6.61 Å². The van der Waals surface area contributed by atoms with Gasteiger partial charge >= 0.3 is 5.97 Å². The molecular formula is C5H6N2O5S. The zero-order chi connectivity index (χ0) is 9.68. The number of aromatic amines is 1. The summed E-state index contributed by atoms with van der Waals surface area (Å²) in [4.78, 5) is 10.7. The Hall–Kier alpha value is -1.41. The number of hydrogen-bond donors (Lipinski definition) is 2. The molecule has 0 aliphatic heterocycles. The predicted octanol–water partition coefficient (Wildman–Crippen LogP) is -1.14. The summed E-state index contributed by atoms with van der Waals surface area (Å²) in [5.74, 6) is -0.763. The summed E-state index contributed by atoms with van der Waals surface area (Å²) in [5.41, 5.74) is 0. The highest BCUT2D eigenvalue weighted by Crippen LogP contribution is 2.01. The smallest absolute Gasteiger partial charge is 0.340 e. The van der Waals surface area contributed by atoms with Crippen molar-refractivity contribution < 1.29 is 22.1 Å². The molecule has 0 unspecified atom stereocenters. The fourth-order valence-corrected chi connectivity index (χ4v) is 0.766. The summed E-state index contributed by atoms with van der Waals surface area (Å²) in [5, 5.41) is 5.92. The van der Waals surface area contributed by atoms with Crippen LogP contribution in [0.4, 0.5) is 0 Å². The van der Waals surface area contributed by atoms with Crippen LogP contribution in [0.25, 0.3) is 0 Å². The van der Waals surface area contributed by atoms with E-state index in [4.69, 9.17) is 0 Å². The van der Waals surface area contributed by atoms with Crippen molar-refractivity contribution in [2.24, 2.45) is 0 Å². The number of rotatable bonds is 4. The maximum Gasteiger partial charge on any atom is 0.340 e. The molecule has 0 fully saturated rings. The molecule has 0 aliphatic rings. The minimum Gasteiger partial charge on any atom is -0.404 e. The van der Waals surface area contributed by atoms with Gasteiger partial charge in [0.2, 0.25) is 5.88 Å². The molecule has 1 aromatic heterocycles. The second kappa shape index (κ2) is 4.58. The Balaban J connectivity index is 2.34. The van der Waals surface area contributed by atoms with Crippen LogP contribution < -0.4 is 4.74 Å². The van der Waals surface area contributed by atoms with Gasteiger partial charge in [-0.05, 0) is 0 Å². The lowest BCUT2D eigenvalue weighted by atomic mass is 10.7. The number of ether oxygens (including phenoxy) is 1. The van der Waals surface area contributed by atoms with Gasteiger partial charge in [0.05, 0.1) is 0 Å². The van der Waals surface area contributed by atoms with Crippen molar-refractivity contribution in [3.8, 4) is 5.88 Å². The van der Waals surface area contributed by atoms with E-state index in [2.05, 4.69) is 19.1 Å². The van der Waals surface area contributed by atoms with E-state index in [1.165, 1.54) is 12.3 Å². The molecule has 0 saturated heterocycles. The van der Waals surface area contributed by atoms with Crippen LogP contribution in [0.1, 0.15) is 0 Å². The molecule has 0 aliphatic carbocycles. The second-order valence-corrected chi connectivity index (χ2v) is 2.59. The number of thiol groups is 1. The third kappa shape index (κ3) is 3.67. The van der Waals surface area contributed by atoms with Crippen LogP contribution in [0.15, 0.2) is 12.3 Å². The van der Waals surface area contributed by atoms with Crippen LogP contribution in [0, 0.1) is 0 Å². The van der Waals surface area contributed by atoms with Crippen LogP contribution in [0.2, 0.25) is 0 Å². The molecule has 72 valence electrons. The minimum atomic E-state index is -3.03. The number of esters is 1. The van der Waals surface area contributed by atoms with Crippen LogP contribution in [-0.4, -0.2) is 31.2 Å². The van der Waals surface area contributed by atoms with E-state index in [-0.39, 0.29) is 5.88 Å². The first-order valence-corrected chi connectivity index (χ1v) is 4.26. The van der Waals surface area contributed by atoms with Crippen LogP contribution >= 0.6 is 0 Å². The summed E-state index contributed by atoms with van der Waals surface area (Å²) in [6.45, 7) is -0.647. The lowest BCUT2D eigenvalue weighted by Crippen LogP contribution is -2.15. The molecular weight excluding hydrogens is 200 g/mol. The van der Waals surface area contributed by atoms with Gasteiger partial charge < -0.3 is 4.74 Å². The number of carbonyl (C=O) groups excluding carboxylic acids is 1. The van der Waals surface area contributed by atoms with Crippen LogP contribution in [0.3, 0.4) is 0 Å². The van der Waals surface area contributed by atoms with Crippen molar-refractivity contribution in [3.05, 3.63) is 12.3 Å². The molecule has 0 bridgehead atoms. The molecule has 13 heavy (non-hydrogen) atoms. The van der Waals surface area contributed by atoms with E-state index < -0.39 is 23.6 Å². The number of carbonyl (C=O) groups is 1. The number of H-pyrrole nitrogens is 1. The van der Waals surface area contributed by atoms with E-state index in [1.54, 1.807) is 0 Å². The fraction of sp³-hybridized carbons (Fsp3) is 0.200. The van der Waals surface area contributed by atoms with Gasteiger partial charge in [0.15, 0.2) is 6.61 Å². The van der Waals surface area contributed by atoms with E-state index in [0.29, 0.717) is 0 Å². The highest BCUT2D eigenvalue weighted by molar-refractivity contribution is 7.67. The Bertz CT molecular complexity index is 336. The Labute approximate surface area is 74.8 Å². The lowest BCUT2D eigenvalue weighted by Gasteiger charge is -1.96. The van der Waals surface area contributed by atoms with Crippen LogP contribution in [-0.2, 0) is 20.0 Å². The lowest BCUT2D eigenvalue weighted by molar-refractivity contribution is -0.136. The van der Waals surface area contributed by atoms with Gasteiger partial charge in [-0.3, -0.25) is 9.28 Å². The number of aromatic nitrogens is 2. The van der Waals surface area contributed by atoms with Gasteiger partial charge in [0.25, 0.3) is 11.0 Å². The summed E-state index contributed by atoms with van der Waals surface area (Å²) in [7, 11) is -3.03. The molecule has 0 saturated carbocycles. The molecule has 0 aromatic carbocycles. The zero-order valence-corrected chi connectivity index (χ0v) is 7.19. The largest absolute Gasteiger partial charge is 0.404 e. The number of nitrogens with one attached hydrogen (secondary N) is 1. The van der Waals surface area contributed by atoms with Gasteiger partial charge in [0, 0.05) is 12.3 Å². The standard InChI is InChI=1S/C5H6N2O5S/c8-5(3-11-13(9)10)12-4-1-2-6-7-4/h1-2,13H,3H2,(H,6,7). The van der Waals surface area contributed by atoms with Gasteiger partial charge in [-0.1, -0.05) is 0 Å². The predicted molar refractivity (Wildman–Crippen MR) is 40.5 cm³/mol. The molecule has 7 nitrogen and oxygen atoms in total. The van der Waals surface area contributed by atoms with Crippen molar-refractivity contribution >= 4 is 17.0 Å². The summed E-state index contributed by atoms with van der Waals surface area (Å²) < 4.78 is 28.3. The van der Waals surface area contributed by atoms with Crippen molar-refractivity contribution in [1.82, 2.24) is 10.2 Å². The number of nitrogens with zero attached hydrogens (tertiary/aromatic N) is 1. The first kappa shape index (κ1) is 9.68. The SMILES string of the molecule is O=C(CO[SH](=O)=O)Oc1cc[nH]n1. The molecule has 1 N–H and O–H groups in total. The highest BCUT2D eigenvalue weighted by atomic mass is 32.2. The topological polar surface area (TPSA) is 98.4 Å². The number of hydrogen-bond acceptors (Lipinski definition) is 6. The molecule has 0 spiro atoms. The quantitative estimate of drug-likeness (QED) is 0.477. The van der Waals surface area contributed by atoms with E-state index >= 15 is 0 Å². The van der Waals surface area contributed by atoms with Gasteiger partial charge in [-0.15, -0.1) is 5.10 Å². The second-order valence-electron chi connectivity index (χ2n) is 1.88. The molecule has 0 radical (unpaired) electrons. The first-order valence-electron chi connectivity index (χ1n) is 3.16. The average Bonchev–Trinajstić information content (AvgIpc) is 2.53. The highest BCUT2D eigenvalue weighted by Gasteiger charge is 2.06. The summed E-state index contributed by atoms with van der Waals surface area (Å²) in [6.07, 6.45) is 1.46. The Kier molecular flexibility index (Phi) is 3.41. The maximum atomic E-state index is 10.7. The van der Waals surface area contributed by atoms with Crippen molar-refractivity contribution in [2.45, 2.75) is 0 Å². The van der Waals surface area contributed by atoms with E-state index in [1.807, 2.05) is 0 Å². The minimum absolute atomic E-state index is 0.0646. The first-order chi connectivity index (χ1) is 6.18. The summed E-state index contributed by atoms with van der Waals surface area (Å²) in [6, 6.07) is 1.41. The van der Waals surface area contributed by atoms with Gasteiger partial charge in [0.1, 0.15) is 0 Å². The zero-order valence-electron chi connectivity index (χ0n) is 6.30. The Morgan fingerprint density at radius 1 is 1.62 bits per heavy atom. The Morgan fingerprint density at radius 2 is 2.38 bits per heavy atom. The maximum absolute atomic E-state index is 10.7. The average molecular weight is 206 g/mol. The van der Waals surface area contributed by atoms with E-state index in [9.17, 15) is 13.2 Å². The fourth-order valence-electron chi connectivity index (χ4n) is 0.555. The third-order valence-electron chi connectivity index (χ3n) is 0.981. The molecule has 0 atom stereocenters. The normalized spacial score (nSPS) is 10.2. The van der Waals surface area contributed by atoms with Gasteiger partial charge in [-0.25, -0.2) is 13.2 Å². The molecule has 1 heterocycles. The van der Waals surface area contributed by atoms with Crippen LogP contribution in [0.5, 0.6) is 5.88 Å². The monoisotopic (exact) mass is 206 g/mol. The third-order valence-corrected chi connectivity index (χ3v) is 1.32. The molecule has 1 rings (SSSR count). The van der Waals surface area contributed by atoms with Gasteiger partial charge in [-0.2, -0.15) is 0 Å². The molecule has 0 amide bonds. The molecule has 1 aromatic rings. The van der Waals surface area contributed by atoms with E-state index in [0.717, 1.165) is 0 Å². The summed E-state index contributed by atoms with van der Waals surface area (Å²) >= 11 is 0. The van der Waals surface area contributed by atoms with Crippen molar-refractivity contribution in [1.29, 1.82) is 0 Å². The Morgan fingerprint density at radius 3 is 2.92 bits per heavy atom.